The second kappa shape index (κ2) is 14.8. The molecule has 5 heterocycles. The minimum Gasteiger partial charge on any atom is -0.444 e. The van der Waals surface area contributed by atoms with E-state index in [9.17, 15) is 14.4 Å². The van der Waals surface area contributed by atoms with E-state index in [2.05, 4.69) is 20.5 Å². The summed E-state index contributed by atoms with van der Waals surface area (Å²) in [5, 5.41) is 6.42. The van der Waals surface area contributed by atoms with Gasteiger partial charge in [0.15, 0.2) is 11.6 Å². The molecule has 3 aliphatic heterocycles. The molecule has 53 heavy (non-hydrogen) atoms. The number of nitrogens with one attached hydrogen (secondary N) is 2. The Kier molecular flexibility index (Phi) is 10.3. The molecule has 0 unspecified atom stereocenters. The maximum Gasteiger partial charge on any atom is 0.410 e. The lowest BCUT2D eigenvalue weighted by Crippen LogP contribution is -2.42. The second-order valence-electron chi connectivity index (χ2n) is 14.7. The molecule has 3 aliphatic rings. The summed E-state index contributed by atoms with van der Waals surface area (Å²) in [5.41, 5.74) is 4.81. The monoisotopic (exact) mass is 762 g/mol. The topological polar surface area (TPSA) is 136 Å². The van der Waals surface area contributed by atoms with Gasteiger partial charge in [-0.05, 0) is 45.7 Å². The van der Waals surface area contributed by atoms with E-state index >= 15 is 0 Å². The van der Waals surface area contributed by atoms with Crippen molar-refractivity contribution < 1.29 is 23.9 Å². The summed E-state index contributed by atoms with van der Waals surface area (Å²) in [6.07, 6.45) is 2.95. The van der Waals surface area contributed by atoms with E-state index in [1.807, 2.05) is 32.4 Å². The molecule has 1 saturated heterocycles. The van der Waals surface area contributed by atoms with Crippen LogP contribution >= 0.6 is 23.2 Å². The van der Waals surface area contributed by atoms with E-state index < -0.39 is 17.6 Å². The highest BCUT2D eigenvalue weighted by molar-refractivity contribution is 6.40. The molecule has 4 aromatic rings. The molecule has 280 valence electrons. The fourth-order valence-corrected chi connectivity index (χ4v) is 7.91. The number of ether oxygens (including phenoxy) is 2. The number of anilines is 2. The minimum atomic E-state index is -0.618. The standard InChI is InChI=1S/C38H44Cl2N8O5/c1-38(2,3)53-37(51)48-17-13-30-28(21-48)42-34(46(30)5)36(50)44-26-11-7-9-24(32(26)40)23-8-6-10-25(31(23)39)43-35(49)33-41-27-20-47(16-12-29(27)45(33)4)22-14-18-52-19-15-22/h6-11,22H,12-21H2,1-5H3,(H,43,49)(H,44,50). The average Bonchev–Trinajstić information content (AvgIpc) is 3.65. The first-order chi connectivity index (χ1) is 25.3. The summed E-state index contributed by atoms with van der Waals surface area (Å²) in [5.74, 6) is -0.303. The molecule has 1 fully saturated rings. The predicted molar refractivity (Wildman–Crippen MR) is 203 cm³/mol. The molecular weight excluding hydrogens is 719 g/mol. The highest BCUT2D eigenvalue weighted by Gasteiger charge is 2.32. The van der Waals surface area contributed by atoms with Crippen LogP contribution in [0.15, 0.2) is 36.4 Å². The van der Waals surface area contributed by atoms with Crippen molar-refractivity contribution in [2.45, 2.75) is 71.2 Å². The zero-order valence-corrected chi connectivity index (χ0v) is 32.1. The second-order valence-corrected chi connectivity index (χ2v) is 15.5. The van der Waals surface area contributed by atoms with Crippen LogP contribution in [0.25, 0.3) is 11.1 Å². The zero-order chi connectivity index (χ0) is 37.6. The quantitative estimate of drug-likeness (QED) is 0.229. The number of carbonyl (C=O) groups excluding carboxylic acids is 3. The van der Waals surface area contributed by atoms with Crippen LogP contribution in [0.5, 0.6) is 0 Å². The SMILES string of the molecule is Cn1c(C(=O)Nc2cccc(-c3cccc(NC(=O)c4nc5c(n4C)CCN(C4CCOCC4)C5)c3Cl)c2Cl)nc2c1CCN(C(=O)OC(C)(C)C)C2. The predicted octanol–water partition coefficient (Wildman–Crippen LogP) is 6.46. The molecule has 0 atom stereocenters. The number of nitrogens with zero attached hydrogens (tertiary/aromatic N) is 6. The maximum absolute atomic E-state index is 13.6. The van der Waals surface area contributed by atoms with Crippen LogP contribution in [-0.4, -0.2) is 84.8 Å². The lowest BCUT2D eigenvalue weighted by atomic mass is 10.0. The van der Waals surface area contributed by atoms with Crippen LogP contribution in [0.2, 0.25) is 10.0 Å². The van der Waals surface area contributed by atoms with Gasteiger partial charge in [0.2, 0.25) is 0 Å². The molecule has 7 rings (SSSR count). The van der Waals surface area contributed by atoms with Gasteiger partial charge in [0.25, 0.3) is 11.8 Å². The van der Waals surface area contributed by atoms with Gasteiger partial charge in [-0.15, -0.1) is 0 Å². The van der Waals surface area contributed by atoms with Crippen molar-refractivity contribution in [3.63, 3.8) is 0 Å². The fourth-order valence-electron chi connectivity index (χ4n) is 7.36. The van der Waals surface area contributed by atoms with Crippen LogP contribution < -0.4 is 10.6 Å². The van der Waals surface area contributed by atoms with E-state index in [0.717, 1.165) is 56.1 Å². The largest absolute Gasteiger partial charge is 0.444 e. The smallest absolute Gasteiger partial charge is 0.410 e. The number of halogens is 2. The molecule has 0 saturated carbocycles. The Morgan fingerprint density at radius 3 is 1.83 bits per heavy atom. The molecule has 3 amide bonds. The van der Waals surface area contributed by atoms with Crippen LogP contribution in [0.4, 0.5) is 16.2 Å². The highest BCUT2D eigenvalue weighted by atomic mass is 35.5. The van der Waals surface area contributed by atoms with Crippen molar-refractivity contribution in [2.24, 2.45) is 14.1 Å². The molecule has 13 nitrogen and oxygen atoms in total. The van der Waals surface area contributed by atoms with Crippen molar-refractivity contribution in [1.82, 2.24) is 28.9 Å². The molecule has 0 bridgehead atoms. The number of imidazole rings is 2. The van der Waals surface area contributed by atoms with E-state index in [1.165, 1.54) is 0 Å². The highest BCUT2D eigenvalue weighted by Crippen LogP contribution is 2.40. The van der Waals surface area contributed by atoms with Gasteiger partial charge in [-0.1, -0.05) is 47.5 Å². The van der Waals surface area contributed by atoms with Crippen LogP contribution in [-0.2, 0) is 49.5 Å². The summed E-state index contributed by atoms with van der Waals surface area (Å²) in [6.45, 7) is 9.34. The van der Waals surface area contributed by atoms with Gasteiger partial charge in [-0.3, -0.25) is 14.5 Å². The number of carbonyl (C=O) groups is 3. The first-order valence-electron chi connectivity index (χ1n) is 17.9. The van der Waals surface area contributed by atoms with Crippen LogP contribution in [0, 0.1) is 0 Å². The van der Waals surface area contributed by atoms with Crippen LogP contribution in [0.3, 0.4) is 0 Å². The lowest BCUT2D eigenvalue weighted by molar-refractivity contribution is 0.0220. The third-order valence-electron chi connectivity index (χ3n) is 10.1. The van der Waals surface area contributed by atoms with Crippen molar-refractivity contribution in [3.05, 3.63) is 80.9 Å². The maximum atomic E-state index is 13.6. The van der Waals surface area contributed by atoms with Gasteiger partial charge in [0.05, 0.1) is 39.4 Å². The number of aromatic nitrogens is 4. The Hall–Kier alpha value is -4.43. The molecule has 0 radical (unpaired) electrons. The Bertz CT molecular complexity index is 2080. The normalized spacial score (nSPS) is 16.5. The summed E-state index contributed by atoms with van der Waals surface area (Å²) >= 11 is 13.9. The van der Waals surface area contributed by atoms with Crippen molar-refractivity contribution in [3.8, 4) is 11.1 Å². The van der Waals surface area contributed by atoms with E-state index in [1.54, 1.807) is 52.9 Å². The van der Waals surface area contributed by atoms with Gasteiger partial charge >= 0.3 is 6.09 Å². The average molecular weight is 764 g/mol. The number of fused-ring (bicyclic) bond motifs is 2. The molecule has 0 spiro atoms. The third-order valence-corrected chi connectivity index (χ3v) is 10.9. The Balaban J connectivity index is 1.06. The molecule has 2 aromatic heterocycles. The van der Waals surface area contributed by atoms with E-state index in [0.29, 0.717) is 64.6 Å². The summed E-state index contributed by atoms with van der Waals surface area (Å²) in [7, 11) is 3.66. The Morgan fingerprint density at radius 2 is 1.30 bits per heavy atom. The Labute approximate surface area is 318 Å². The van der Waals surface area contributed by atoms with E-state index in [4.69, 9.17) is 37.7 Å². The number of rotatable bonds is 6. The summed E-state index contributed by atoms with van der Waals surface area (Å²) in [4.78, 5) is 53.3. The zero-order valence-electron chi connectivity index (χ0n) is 30.6. The molecule has 15 heteroatoms. The summed E-state index contributed by atoms with van der Waals surface area (Å²) < 4.78 is 14.7. The minimum absolute atomic E-state index is 0.192. The fraction of sp³-hybridized carbons (Fsp3) is 0.447. The molecule has 2 aromatic carbocycles. The number of hydrogen-bond acceptors (Lipinski definition) is 8. The molecular formula is C38H44Cl2N8O5. The molecule has 2 N–H and O–H groups in total. The van der Waals surface area contributed by atoms with Crippen LogP contribution in [0.1, 0.15) is 77.6 Å². The number of benzene rings is 2. The number of amides is 3. The van der Waals surface area contributed by atoms with Gasteiger partial charge in [0.1, 0.15) is 5.60 Å². The van der Waals surface area contributed by atoms with Gasteiger partial charge in [0, 0.05) is 88.3 Å². The third kappa shape index (κ3) is 7.53. The Morgan fingerprint density at radius 1 is 0.792 bits per heavy atom. The van der Waals surface area contributed by atoms with Crippen molar-refractivity contribution in [1.29, 1.82) is 0 Å². The van der Waals surface area contributed by atoms with Gasteiger partial charge in [-0.2, -0.15) is 0 Å². The first-order valence-corrected chi connectivity index (χ1v) is 18.6. The van der Waals surface area contributed by atoms with Gasteiger partial charge in [-0.25, -0.2) is 14.8 Å². The van der Waals surface area contributed by atoms with Crippen molar-refractivity contribution >= 4 is 52.5 Å². The first kappa shape index (κ1) is 36.9. The lowest BCUT2D eigenvalue weighted by Gasteiger charge is -2.36. The number of hydrogen-bond donors (Lipinski definition) is 2. The molecule has 0 aliphatic carbocycles. The summed E-state index contributed by atoms with van der Waals surface area (Å²) in [6, 6.07) is 11.0. The van der Waals surface area contributed by atoms with Gasteiger partial charge < -0.3 is 34.1 Å². The van der Waals surface area contributed by atoms with E-state index in [-0.39, 0.29) is 23.3 Å². The van der Waals surface area contributed by atoms with Crippen molar-refractivity contribution in [2.75, 3.05) is 36.9 Å².